The van der Waals surface area contributed by atoms with Crippen LogP contribution in [-0.4, -0.2) is 23.9 Å². The maximum atomic E-state index is 12.8. The molecular formula is C25H25N3O. The standard InChI is InChI=1S/C25H25N3O/c26-15-14-19-10-12-23(13-11-19)27-25(29)22-8-4-16-28(18-22)17-21-7-3-6-20-5-1-2-9-24(20)21/h1-3,5-7,9-13,22H,4,8,14,16-18H2,(H,27,29). The molecule has 0 radical (unpaired) electrons. The Morgan fingerprint density at radius 1 is 1.07 bits per heavy atom. The van der Waals surface area contributed by atoms with Gasteiger partial charge in [0.1, 0.15) is 0 Å². The predicted octanol–water partition coefficient (Wildman–Crippen LogP) is 4.76. The van der Waals surface area contributed by atoms with Gasteiger partial charge in [0.25, 0.3) is 0 Å². The number of rotatable bonds is 5. The van der Waals surface area contributed by atoms with Crippen molar-refractivity contribution in [2.45, 2.75) is 25.8 Å². The number of benzene rings is 3. The van der Waals surface area contributed by atoms with Gasteiger partial charge in [0.2, 0.25) is 5.91 Å². The summed E-state index contributed by atoms with van der Waals surface area (Å²) >= 11 is 0. The zero-order valence-electron chi connectivity index (χ0n) is 16.5. The number of nitrogens with one attached hydrogen (secondary N) is 1. The highest BCUT2D eigenvalue weighted by Crippen LogP contribution is 2.24. The number of piperidine rings is 1. The highest BCUT2D eigenvalue weighted by molar-refractivity contribution is 5.92. The molecule has 1 amide bonds. The molecule has 29 heavy (non-hydrogen) atoms. The fourth-order valence-electron chi connectivity index (χ4n) is 4.13. The van der Waals surface area contributed by atoms with Gasteiger partial charge in [-0.1, -0.05) is 54.6 Å². The van der Waals surface area contributed by atoms with Gasteiger partial charge >= 0.3 is 0 Å². The van der Waals surface area contributed by atoms with Crippen LogP contribution in [0.3, 0.4) is 0 Å². The number of hydrogen-bond donors (Lipinski definition) is 1. The van der Waals surface area contributed by atoms with E-state index in [-0.39, 0.29) is 11.8 Å². The van der Waals surface area contributed by atoms with Crippen LogP contribution in [-0.2, 0) is 17.8 Å². The minimum absolute atomic E-state index is 0.00230. The van der Waals surface area contributed by atoms with Gasteiger partial charge in [0.15, 0.2) is 0 Å². The highest BCUT2D eigenvalue weighted by Gasteiger charge is 2.26. The summed E-state index contributed by atoms with van der Waals surface area (Å²) in [6, 6.07) is 24.6. The molecule has 1 N–H and O–H groups in total. The molecular weight excluding hydrogens is 358 g/mol. The molecule has 1 aliphatic heterocycles. The van der Waals surface area contributed by atoms with Gasteiger partial charge in [-0.3, -0.25) is 9.69 Å². The van der Waals surface area contributed by atoms with E-state index < -0.39 is 0 Å². The fraction of sp³-hybridized carbons (Fsp3) is 0.280. The van der Waals surface area contributed by atoms with E-state index in [0.29, 0.717) is 6.42 Å². The van der Waals surface area contributed by atoms with Crippen LogP contribution < -0.4 is 5.32 Å². The van der Waals surface area contributed by atoms with E-state index in [1.54, 1.807) is 0 Å². The molecule has 1 aliphatic rings. The lowest BCUT2D eigenvalue weighted by atomic mass is 9.96. The van der Waals surface area contributed by atoms with Gasteiger partial charge in [-0.25, -0.2) is 0 Å². The summed E-state index contributed by atoms with van der Waals surface area (Å²) in [7, 11) is 0. The van der Waals surface area contributed by atoms with Crippen LogP contribution in [0.25, 0.3) is 10.8 Å². The van der Waals surface area contributed by atoms with Crippen molar-refractivity contribution in [3.63, 3.8) is 0 Å². The van der Waals surface area contributed by atoms with E-state index in [1.165, 1.54) is 16.3 Å². The summed E-state index contributed by atoms with van der Waals surface area (Å²) in [6.45, 7) is 2.67. The van der Waals surface area contributed by atoms with Gasteiger partial charge in [0.05, 0.1) is 18.4 Å². The van der Waals surface area contributed by atoms with E-state index in [9.17, 15) is 4.79 Å². The molecule has 4 nitrogen and oxygen atoms in total. The molecule has 3 aromatic rings. The van der Waals surface area contributed by atoms with Gasteiger partial charge in [-0.2, -0.15) is 5.26 Å². The normalized spacial score (nSPS) is 17.0. The van der Waals surface area contributed by atoms with Gasteiger partial charge < -0.3 is 5.32 Å². The number of likely N-dealkylation sites (tertiary alicyclic amines) is 1. The van der Waals surface area contributed by atoms with Crippen molar-refractivity contribution in [3.8, 4) is 6.07 Å². The van der Waals surface area contributed by atoms with Crippen molar-refractivity contribution in [1.29, 1.82) is 5.26 Å². The second kappa shape index (κ2) is 8.89. The number of fused-ring (bicyclic) bond motifs is 1. The zero-order valence-corrected chi connectivity index (χ0v) is 16.5. The lowest BCUT2D eigenvalue weighted by Crippen LogP contribution is -2.40. The van der Waals surface area contributed by atoms with Crippen LogP contribution in [0.5, 0.6) is 0 Å². The topological polar surface area (TPSA) is 56.1 Å². The molecule has 0 saturated carbocycles. The number of carbonyl (C=O) groups is 1. The smallest absolute Gasteiger partial charge is 0.228 e. The molecule has 1 saturated heterocycles. The van der Waals surface area contributed by atoms with Crippen molar-refractivity contribution in [1.82, 2.24) is 4.90 Å². The van der Waals surface area contributed by atoms with Crippen LogP contribution >= 0.6 is 0 Å². The lowest BCUT2D eigenvalue weighted by Gasteiger charge is -2.32. The van der Waals surface area contributed by atoms with Gasteiger partial charge in [-0.05, 0) is 53.4 Å². The Kier molecular flexibility index (Phi) is 5.88. The number of anilines is 1. The number of nitrogens with zero attached hydrogens (tertiary/aromatic N) is 2. The van der Waals surface area contributed by atoms with Crippen LogP contribution in [0.1, 0.15) is 24.0 Å². The molecule has 4 rings (SSSR count). The molecule has 1 fully saturated rings. The largest absolute Gasteiger partial charge is 0.326 e. The summed E-state index contributed by atoms with van der Waals surface area (Å²) in [4.78, 5) is 15.2. The zero-order chi connectivity index (χ0) is 20.1. The molecule has 3 aromatic carbocycles. The Labute approximate surface area is 171 Å². The molecule has 146 valence electrons. The summed E-state index contributed by atoms with van der Waals surface area (Å²) in [5, 5.41) is 14.4. The Hall–Kier alpha value is -3.16. The third-order valence-corrected chi connectivity index (χ3v) is 5.65. The Bertz CT molecular complexity index is 1030. The Balaban J connectivity index is 1.40. The first kappa shape index (κ1) is 19.2. The monoisotopic (exact) mass is 383 g/mol. The van der Waals surface area contributed by atoms with E-state index >= 15 is 0 Å². The Morgan fingerprint density at radius 3 is 2.69 bits per heavy atom. The SMILES string of the molecule is N#CCc1ccc(NC(=O)C2CCCN(Cc3cccc4ccccc34)C2)cc1. The summed E-state index contributed by atoms with van der Waals surface area (Å²) in [5.74, 6) is 0.0816. The molecule has 1 atom stereocenters. The first-order valence-corrected chi connectivity index (χ1v) is 10.2. The number of hydrogen-bond acceptors (Lipinski definition) is 3. The summed E-state index contributed by atoms with van der Waals surface area (Å²) in [5.41, 5.74) is 3.07. The van der Waals surface area contributed by atoms with Crippen LogP contribution in [0.4, 0.5) is 5.69 Å². The predicted molar refractivity (Wildman–Crippen MR) is 116 cm³/mol. The van der Waals surface area contributed by atoms with Crippen LogP contribution in [0, 0.1) is 17.2 Å². The summed E-state index contributed by atoms with van der Waals surface area (Å²) < 4.78 is 0. The number of nitriles is 1. The molecule has 1 unspecified atom stereocenters. The maximum absolute atomic E-state index is 12.8. The average Bonchev–Trinajstić information content (AvgIpc) is 2.76. The number of amides is 1. The average molecular weight is 383 g/mol. The Morgan fingerprint density at radius 2 is 1.86 bits per heavy atom. The van der Waals surface area contributed by atoms with Crippen LogP contribution in [0.15, 0.2) is 66.7 Å². The minimum atomic E-state index is -0.00230. The second-order valence-electron chi connectivity index (χ2n) is 7.73. The lowest BCUT2D eigenvalue weighted by molar-refractivity contribution is -0.121. The van der Waals surface area contributed by atoms with Gasteiger partial charge in [0, 0.05) is 18.8 Å². The highest BCUT2D eigenvalue weighted by atomic mass is 16.1. The van der Waals surface area contributed by atoms with E-state index in [2.05, 4.69) is 58.8 Å². The minimum Gasteiger partial charge on any atom is -0.326 e. The van der Waals surface area contributed by atoms with Crippen molar-refractivity contribution in [2.24, 2.45) is 5.92 Å². The first-order chi connectivity index (χ1) is 14.2. The van der Waals surface area contributed by atoms with Crippen LogP contribution in [0.2, 0.25) is 0 Å². The third kappa shape index (κ3) is 4.64. The fourth-order valence-corrected chi connectivity index (χ4v) is 4.13. The molecule has 0 aromatic heterocycles. The maximum Gasteiger partial charge on any atom is 0.228 e. The molecule has 0 bridgehead atoms. The van der Waals surface area contributed by atoms with Crippen molar-refractivity contribution < 1.29 is 4.79 Å². The van der Waals surface area contributed by atoms with E-state index in [0.717, 1.165) is 43.7 Å². The van der Waals surface area contributed by atoms with Crippen molar-refractivity contribution >= 4 is 22.4 Å². The number of carbonyl (C=O) groups excluding carboxylic acids is 1. The van der Waals surface area contributed by atoms with Crippen molar-refractivity contribution in [3.05, 3.63) is 77.9 Å². The van der Waals surface area contributed by atoms with E-state index in [4.69, 9.17) is 5.26 Å². The second-order valence-corrected chi connectivity index (χ2v) is 7.73. The molecule has 1 heterocycles. The molecule has 0 spiro atoms. The first-order valence-electron chi connectivity index (χ1n) is 10.2. The van der Waals surface area contributed by atoms with Crippen molar-refractivity contribution in [2.75, 3.05) is 18.4 Å². The third-order valence-electron chi connectivity index (χ3n) is 5.65. The van der Waals surface area contributed by atoms with E-state index in [1.807, 2.05) is 24.3 Å². The molecule has 0 aliphatic carbocycles. The molecule has 4 heteroatoms. The summed E-state index contributed by atoms with van der Waals surface area (Å²) in [6.07, 6.45) is 2.34. The quantitative estimate of drug-likeness (QED) is 0.691. The van der Waals surface area contributed by atoms with Gasteiger partial charge in [-0.15, -0.1) is 0 Å².